The maximum atomic E-state index is 13.3. The van der Waals surface area contributed by atoms with Gasteiger partial charge in [-0.1, -0.05) is 23.7 Å². The van der Waals surface area contributed by atoms with E-state index in [0.29, 0.717) is 31.3 Å². The normalized spacial score (nSPS) is 14.5. The molecule has 3 aromatic rings. The van der Waals surface area contributed by atoms with Crippen LogP contribution in [0.3, 0.4) is 0 Å². The van der Waals surface area contributed by atoms with Gasteiger partial charge in [0.1, 0.15) is 17.6 Å². The van der Waals surface area contributed by atoms with Gasteiger partial charge in [-0.25, -0.2) is 12.8 Å². The molecule has 13 heteroatoms. The van der Waals surface area contributed by atoms with E-state index >= 15 is 0 Å². The number of carbonyl (C=O) groups is 2. The highest BCUT2D eigenvalue weighted by molar-refractivity contribution is 7.92. The second kappa shape index (κ2) is 15.1. The first-order valence-corrected chi connectivity index (χ1v) is 15.6. The van der Waals surface area contributed by atoms with Crippen molar-refractivity contribution in [3.8, 4) is 5.75 Å². The number of morpholine rings is 1. The summed E-state index contributed by atoms with van der Waals surface area (Å²) in [4.78, 5) is 30.0. The SMILES string of the molecule is CC(C(=O)NCCN1CCOCC1)N(Cc1ccc(Cl)cc1)C(=O)COc1ccc(S(=O)(=O)Nc2ccc(F)cc2)cc1. The molecule has 1 aliphatic rings. The van der Waals surface area contributed by atoms with Gasteiger partial charge in [0.05, 0.1) is 18.1 Å². The summed E-state index contributed by atoms with van der Waals surface area (Å²) in [5, 5.41) is 3.47. The third kappa shape index (κ3) is 9.65. The van der Waals surface area contributed by atoms with E-state index in [1.165, 1.54) is 41.3 Å². The van der Waals surface area contributed by atoms with Gasteiger partial charge in [-0.3, -0.25) is 19.2 Å². The van der Waals surface area contributed by atoms with Gasteiger partial charge in [-0.2, -0.15) is 0 Å². The summed E-state index contributed by atoms with van der Waals surface area (Å²) in [7, 11) is -3.93. The molecular weight excluding hydrogens is 599 g/mol. The fraction of sp³-hybridized carbons (Fsp3) is 0.333. The molecule has 1 heterocycles. The monoisotopic (exact) mass is 632 g/mol. The summed E-state index contributed by atoms with van der Waals surface area (Å²) in [6.07, 6.45) is 0. The molecule has 4 rings (SSSR count). The van der Waals surface area contributed by atoms with Crippen LogP contribution in [0.5, 0.6) is 5.75 Å². The Morgan fingerprint density at radius 2 is 1.67 bits per heavy atom. The molecule has 0 aromatic heterocycles. The molecule has 230 valence electrons. The molecule has 1 aliphatic heterocycles. The second-order valence-corrected chi connectivity index (χ2v) is 12.1. The first-order valence-electron chi connectivity index (χ1n) is 13.7. The largest absolute Gasteiger partial charge is 0.484 e. The third-order valence-corrected chi connectivity index (χ3v) is 8.51. The standard InChI is InChI=1S/C30H34ClFN4O6S/c1-22(30(38)33-14-15-35-16-18-41-19-17-35)36(20-23-2-4-24(31)5-3-23)29(37)21-42-27-10-12-28(13-11-27)43(39,40)34-26-8-6-25(32)7-9-26/h2-13,22,34H,14-21H2,1H3,(H,33,38). The highest BCUT2D eigenvalue weighted by Gasteiger charge is 2.27. The van der Waals surface area contributed by atoms with Gasteiger partial charge in [0, 0.05) is 43.4 Å². The molecule has 1 unspecified atom stereocenters. The average molecular weight is 633 g/mol. The van der Waals surface area contributed by atoms with Gasteiger partial charge in [-0.15, -0.1) is 0 Å². The Morgan fingerprint density at radius 1 is 1.02 bits per heavy atom. The summed E-state index contributed by atoms with van der Waals surface area (Å²) in [5.41, 5.74) is 1.00. The van der Waals surface area contributed by atoms with Gasteiger partial charge in [-0.05, 0) is 73.2 Å². The van der Waals surface area contributed by atoms with Crippen molar-refractivity contribution in [1.29, 1.82) is 0 Å². The molecule has 2 amide bonds. The molecule has 1 atom stereocenters. The number of rotatable bonds is 13. The van der Waals surface area contributed by atoms with Crippen LogP contribution in [0.15, 0.2) is 77.7 Å². The lowest BCUT2D eigenvalue weighted by Gasteiger charge is -2.30. The van der Waals surface area contributed by atoms with Gasteiger partial charge in [0.2, 0.25) is 5.91 Å². The second-order valence-electron chi connectivity index (χ2n) is 9.94. The van der Waals surface area contributed by atoms with Crippen LogP contribution < -0.4 is 14.8 Å². The van der Waals surface area contributed by atoms with Crippen molar-refractivity contribution in [2.24, 2.45) is 0 Å². The number of sulfonamides is 1. The van der Waals surface area contributed by atoms with Crippen molar-refractivity contribution in [2.45, 2.75) is 24.4 Å². The van der Waals surface area contributed by atoms with Gasteiger partial charge >= 0.3 is 0 Å². The first-order chi connectivity index (χ1) is 20.6. The summed E-state index contributed by atoms with van der Waals surface area (Å²) >= 11 is 6.02. The van der Waals surface area contributed by atoms with Crippen molar-refractivity contribution in [3.63, 3.8) is 0 Å². The zero-order valence-corrected chi connectivity index (χ0v) is 25.2. The predicted octanol–water partition coefficient (Wildman–Crippen LogP) is 3.52. The van der Waals surface area contributed by atoms with Crippen LogP contribution in [0.2, 0.25) is 5.02 Å². The third-order valence-electron chi connectivity index (χ3n) is 6.86. The fourth-order valence-electron chi connectivity index (χ4n) is 4.35. The number of anilines is 1. The van der Waals surface area contributed by atoms with Crippen LogP contribution in [0.4, 0.5) is 10.1 Å². The van der Waals surface area contributed by atoms with E-state index in [0.717, 1.165) is 30.8 Å². The zero-order chi connectivity index (χ0) is 30.8. The molecule has 0 aliphatic carbocycles. The molecule has 10 nitrogen and oxygen atoms in total. The van der Waals surface area contributed by atoms with Gasteiger partial charge in [0.25, 0.3) is 15.9 Å². The first kappa shape index (κ1) is 32.2. The molecule has 1 saturated heterocycles. The molecule has 0 saturated carbocycles. The number of halogens is 2. The van der Waals surface area contributed by atoms with Crippen molar-refractivity contribution >= 4 is 39.1 Å². The van der Waals surface area contributed by atoms with Crippen molar-refractivity contribution in [1.82, 2.24) is 15.1 Å². The van der Waals surface area contributed by atoms with Crippen molar-refractivity contribution in [2.75, 3.05) is 50.7 Å². The molecule has 0 radical (unpaired) electrons. The highest BCUT2D eigenvalue weighted by atomic mass is 35.5. The van der Waals surface area contributed by atoms with Crippen molar-refractivity contribution in [3.05, 3.63) is 89.2 Å². The molecular formula is C30H34ClFN4O6S. The molecule has 2 N–H and O–H groups in total. The Labute approximate surface area is 255 Å². The molecule has 0 spiro atoms. The van der Waals surface area contributed by atoms with Gasteiger partial charge in [0.15, 0.2) is 6.61 Å². The average Bonchev–Trinajstić information content (AvgIpc) is 3.01. The molecule has 43 heavy (non-hydrogen) atoms. The lowest BCUT2D eigenvalue weighted by molar-refractivity contribution is -0.142. The summed E-state index contributed by atoms with van der Waals surface area (Å²) in [5.74, 6) is -0.938. The lowest BCUT2D eigenvalue weighted by Crippen LogP contribution is -2.50. The predicted molar refractivity (Wildman–Crippen MR) is 161 cm³/mol. The van der Waals surface area contributed by atoms with Crippen molar-refractivity contribution < 1.29 is 31.9 Å². The van der Waals surface area contributed by atoms with E-state index in [1.807, 2.05) is 0 Å². The number of nitrogens with one attached hydrogen (secondary N) is 2. The number of amides is 2. The van der Waals surface area contributed by atoms with Crippen LogP contribution >= 0.6 is 11.6 Å². The van der Waals surface area contributed by atoms with Crippen LogP contribution in [-0.4, -0.2) is 82.1 Å². The smallest absolute Gasteiger partial charge is 0.261 e. The molecule has 1 fully saturated rings. The Kier molecular flexibility index (Phi) is 11.3. The van der Waals surface area contributed by atoms with E-state index in [-0.39, 0.29) is 35.4 Å². The maximum absolute atomic E-state index is 13.3. The number of nitrogens with zero attached hydrogens (tertiary/aromatic N) is 2. The van der Waals surface area contributed by atoms with E-state index in [2.05, 4.69) is 14.9 Å². The molecule has 0 bridgehead atoms. The number of hydrogen-bond acceptors (Lipinski definition) is 7. The number of hydrogen-bond donors (Lipinski definition) is 2. The summed E-state index contributed by atoms with van der Waals surface area (Å²) < 4.78 is 51.9. The van der Waals surface area contributed by atoms with Crippen LogP contribution in [0.25, 0.3) is 0 Å². The fourth-order valence-corrected chi connectivity index (χ4v) is 5.54. The maximum Gasteiger partial charge on any atom is 0.261 e. The van der Waals surface area contributed by atoms with E-state index in [9.17, 15) is 22.4 Å². The minimum atomic E-state index is -3.93. The Balaban J connectivity index is 1.37. The lowest BCUT2D eigenvalue weighted by atomic mass is 10.1. The van der Waals surface area contributed by atoms with E-state index in [4.69, 9.17) is 21.1 Å². The zero-order valence-electron chi connectivity index (χ0n) is 23.7. The number of carbonyl (C=O) groups excluding carboxylic acids is 2. The van der Waals surface area contributed by atoms with Gasteiger partial charge < -0.3 is 19.7 Å². The summed E-state index contributed by atoms with van der Waals surface area (Å²) in [6, 6.07) is 16.7. The summed E-state index contributed by atoms with van der Waals surface area (Å²) in [6.45, 7) is 5.50. The van der Waals surface area contributed by atoms with E-state index in [1.54, 1.807) is 31.2 Å². The van der Waals surface area contributed by atoms with Crippen LogP contribution in [-0.2, 0) is 30.9 Å². The minimum absolute atomic E-state index is 0.0396. The Hall–Kier alpha value is -3.71. The quantitative estimate of drug-likeness (QED) is 0.296. The van der Waals surface area contributed by atoms with Crippen LogP contribution in [0.1, 0.15) is 12.5 Å². The molecule has 3 aromatic carbocycles. The van der Waals surface area contributed by atoms with Crippen LogP contribution in [0, 0.1) is 5.82 Å². The van der Waals surface area contributed by atoms with E-state index < -0.39 is 27.8 Å². The number of benzene rings is 3. The highest BCUT2D eigenvalue weighted by Crippen LogP contribution is 2.20. The topological polar surface area (TPSA) is 117 Å². The Bertz CT molecular complexity index is 1470. The number of ether oxygens (including phenoxy) is 2. The minimum Gasteiger partial charge on any atom is -0.484 e. The Morgan fingerprint density at radius 3 is 2.33 bits per heavy atom.